The van der Waals surface area contributed by atoms with Gasteiger partial charge >= 0.3 is 6.18 Å². The van der Waals surface area contributed by atoms with Crippen LogP contribution >= 0.6 is 11.6 Å². The van der Waals surface area contributed by atoms with E-state index in [-0.39, 0.29) is 27.8 Å². The summed E-state index contributed by atoms with van der Waals surface area (Å²) in [6.45, 7) is -0.462. The molecule has 3 aromatic rings. The topological polar surface area (TPSA) is 35.0 Å². The summed E-state index contributed by atoms with van der Waals surface area (Å²) in [6.07, 6.45) is 2.54. The third-order valence-electron chi connectivity index (χ3n) is 5.26. The minimum atomic E-state index is -4.57. The molecule has 0 radical (unpaired) electrons. The molecule has 1 fully saturated rings. The van der Waals surface area contributed by atoms with Gasteiger partial charge in [-0.2, -0.15) is 13.2 Å². The molecular weight excluding hydrogens is 420 g/mol. The summed E-state index contributed by atoms with van der Waals surface area (Å²) in [5, 5.41) is 0.148. The van der Waals surface area contributed by atoms with Gasteiger partial charge in [-0.3, -0.25) is 9.97 Å². The van der Waals surface area contributed by atoms with Gasteiger partial charge in [-0.25, -0.2) is 4.39 Å². The van der Waals surface area contributed by atoms with E-state index < -0.39 is 24.2 Å². The van der Waals surface area contributed by atoms with Crippen LogP contribution in [0, 0.1) is 5.82 Å². The van der Waals surface area contributed by atoms with Crippen molar-refractivity contribution in [3.8, 4) is 17.0 Å². The molecular formula is C22H17ClF4N2O. The largest absolute Gasteiger partial charge is 0.485 e. The van der Waals surface area contributed by atoms with Gasteiger partial charge in [-0.1, -0.05) is 24.1 Å². The Labute approximate surface area is 175 Å². The van der Waals surface area contributed by atoms with Crippen LogP contribution in [0.3, 0.4) is 0 Å². The van der Waals surface area contributed by atoms with Crippen molar-refractivity contribution in [2.45, 2.75) is 38.0 Å². The molecule has 1 heterocycles. The highest BCUT2D eigenvalue weighted by molar-refractivity contribution is 6.30. The van der Waals surface area contributed by atoms with Crippen molar-refractivity contribution in [2.75, 3.05) is 0 Å². The molecule has 8 heteroatoms. The van der Waals surface area contributed by atoms with Crippen LogP contribution in [0.2, 0.25) is 5.02 Å². The lowest BCUT2D eigenvalue weighted by Gasteiger charge is -2.28. The number of rotatable bonds is 5. The molecule has 156 valence electrons. The molecule has 4 rings (SSSR count). The molecule has 0 atom stereocenters. The Morgan fingerprint density at radius 3 is 2.53 bits per heavy atom. The van der Waals surface area contributed by atoms with E-state index in [0.717, 1.165) is 25.3 Å². The minimum absolute atomic E-state index is 0.0454. The fraction of sp³-hybridized carbons (Fsp3) is 0.273. The molecule has 1 aromatic heterocycles. The maximum atomic E-state index is 15.4. The maximum absolute atomic E-state index is 15.4. The van der Waals surface area contributed by atoms with Crippen molar-refractivity contribution in [3.05, 3.63) is 76.5 Å². The molecule has 1 saturated carbocycles. The zero-order valence-electron chi connectivity index (χ0n) is 15.7. The fourth-order valence-corrected chi connectivity index (χ4v) is 3.70. The molecule has 0 N–H and O–H groups in total. The Hall–Kier alpha value is -2.67. The first-order valence-electron chi connectivity index (χ1n) is 9.42. The Bertz CT molecular complexity index is 1050. The normalized spacial score (nSPS) is 14.4. The standard InChI is InChI=1S/C22H17ClF4N2O/c23-15-4-7-18(22(25,26)27)14(10-15)12-30-21-16(13-2-1-3-13)5-6-17(20(21)24)19-11-28-8-9-29-19/h4-11,13H,1-3,12H2. The molecule has 0 unspecified atom stereocenters. The lowest BCUT2D eigenvalue weighted by Crippen LogP contribution is -2.14. The van der Waals surface area contributed by atoms with E-state index in [1.807, 2.05) is 0 Å². The summed E-state index contributed by atoms with van der Waals surface area (Å²) in [5.74, 6) is -0.585. The van der Waals surface area contributed by atoms with Crippen molar-refractivity contribution in [1.82, 2.24) is 9.97 Å². The summed E-state index contributed by atoms with van der Waals surface area (Å²) >= 11 is 5.89. The number of hydrogen-bond donors (Lipinski definition) is 0. The van der Waals surface area contributed by atoms with Crippen molar-refractivity contribution in [1.29, 1.82) is 0 Å². The molecule has 1 aliphatic carbocycles. The number of benzene rings is 2. The van der Waals surface area contributed by atoms with Gasteiger partial charge < -0.3 is 4.74 Å². The summed E-state index contributed by atoms with van der Waals surface area (Å²) in [6, 6.07) is 6.64. The summed E-state index contributed by atoms with van der Waals surface area (Å²) in [5.41, 5.74) is 0.144. The molecule has 1 aliphatic rings. The Morgan fingerprint density at radius 2 is 1.90 bits per heavy atom. The number of halogens is 5. The number of nitrogens with zero attached hydrogens (tertiary/aromatic N) is 2. The highest BCUT2D eigenvalue weighted by Gasteiger charge is 2.34. The second-order valence-corrected chi connectivity index (χ2v) is 7.59. The van der Waals surface area contributed by atoms with Gasteiger partial charge in [-0.05, 0) is 43.0 Å². The number of ether oxygens (including phenoxy) is 1. The molecule has 0 spiro atoms. The van der Waals surface area contributed by atoms with Crippen LogP contribution < -0.4 is 4.74 Å². The Kier molecular flexibility index (Phi) is 5.64. The third kappa shape index (κ3) is 4.12. The highest BCUT2D eigenvalue weighted by atomic mass is 35.5. The van der Waals surface area contributed by atoms with E-state index in [9.17, 15) is 13.2 Å². The number of aromatic nitrogens is 2. The molecule has 0 amide bonds. The molecule has 0 saturated heterocycles. The first-order valence-corrected chi connectivity index (χ1v) is 9.79. The molecule has 30 heavy (non-hydrogen) atoms. The van der Waals surface area contributed by atoms with Gasteiger partial charge in [0.1, 0.15) is 6.61 Å². The summed E-state index contributed by atoms with van der Waals surface area (Å²) in [7, 11) is 0. The van der Waals surface area contributed by atoms with Crippen LogP contribution in [0.15, 0.2) is 48.9 Å². The van der Waals surface area contributed by atoms with Gasteiger partial charge in [0.05, 0.1) is 17.5 Å². The summed E-state index contributed by atoms with van der Waals surface area (Å²) in [4.78, 5) is 8.06. The van der Waals surface area contributed by atoms with Gasteiger partial charge in [0, 0.05) is 34.1 Å². The van der Waals surface area contributed by atoms with E-state index >= 15 is 4.39 Å². The first kappa shape index (κ1) is 20.6. The van der Waals surface area contributed by atoms with E-state index in [2.05, 4.69) is 9.97 Å². The van der Waals surface area contributed by atoms with Crippen LogP contribution in [0.1, 0.15) is 41.9 Å². The second kappa shape index (κ2) is 8.22. The van der Waals surface area contributed by atoms with Crippen LogP contribution in [0.5, 0.6) is 5.75 Å². The zero-order valence-corrected chi connectivity index (χ0v) is 16.5. The monoisotopic (exact) mass is 436 g/mol. The van der Waals surface area contributed by atoms with Crippen molar-refractivity contribution in [3.63, 3.8) is 0 Å². The maximum Gasteiger partial charge on any atom is 0.416 e. The minimum Gasteiger partial charge on any atom is -0.485 e. The Balaban J connectivity index is 1.72. The van der Waals surface area contributed by atoms with Crippen LogP contribution in [-0.4, -0.2) is 9.97 Å². The predicted octanol–water partition coefficient (Wildman–Crippen LogP) is 6.80. The van der Waals surface area contributed by atoms with Crippen molar-refractivity contribution >= 4 is 11.6 Å². The van der Waals surface area contributed by atoms with Crippen LogP contribution in [0.25, 0.3) is 11.3 Å². The highest BCUT2D eigenvalue weighted by Crippen LogP contribution is 2.44. The van der Waals surface area contributed by atoms with Gasteiger partial charge in [-0.15, -0.1) is 0 Å². The summed E-state index contributed by atoms with van der Waals surface area (Å²) < 4.78 is 61.2. The van der Waals surface area contributed by atoms with E-state index in [1.54, 1.807) is 12.1 Å². The number of alkyl halides is 3. The first-order chi connectivity index (χ1) is 14.3. The van der Waals surface area contributed by atoms with Gasteiger partial charge in [0.2, 0.25) is 0 Å². The SMILES string of the molecule is Fc1c(-c2cnccn2)ccc(C2CCC2)c1OCc1cc(Cl)ccc1C(F)(F)F. The average Bonchev–Trinajstić information content (AvgIpc) is 2.66. The Morgan fingerprint density at radius 1 is 1.10 bits per heavy atom. The lowest BCUT2D eigenvalue weighted by atomic mass is 9.79. The van der Waals surface area contributed by atoms with Gasteiger partial charge in [0.15, 0.2) is 11.6 Å². The molecule has 0 bridgehead atoms. The van der Waals surface area contributed by atoms with Crippen molar-refractivity contribution < 1.29 is 22.3 Å². The lowest BCUT2D eigenvalue weighted by molar-refractivity contribution is -0.138. The predicted molar refractivity (Wildman–Crippen MR) is 105 cm³/mol. The second-order valence-electron chi connectivity index (χ2n) is 7.15. The van der Waals surface area contributed by atoms with Crippen LogP contribution in [-0.2, 0) is 12.8 Å². The molecule has 2 aromatic carbocycles. The zero-order chi connectivity index (χ0) is 21.3. The smallest absolute Gasteiger partial charge is 0.416 e. The van der Waals surface area contributed by atoms with Gasteiger partial charge in [0.25, 0.3) is 0 Å². The molecule has 0 aliphatic heterocycles. The van der Waals surface area contributed by atoms with E-state index in [0.29, 0.717) is 11.3 Å². The van der Waals surface area contributed by atoms with Crippen LogP contribution in [0.4, 0.5) is 17.6 Å². The molecule has 3 nitrogen and oxygen atoms in total. The quantitative estimate of drug-likeness (QED) is 0.412. The average molecular weight is 437 g/mol. The van der Waals surface area contributed by atoms with E-state index in [4.69, 9.17) is 16.3 Å². The third-order valence-corrected chi connectivity index (χ3v) is 5.49. The van der Waals surface area contributed by atoms with E-state index in [1.165, 1.54) is 30.7 Å². The number of hydrogen-bond acceptors (Lipinski definition) is 3. The van der Waals surface area contributed by atoms with Crippen molar-refractivity contribution in [2.24, 2.45) is 0 Å². The fourth-order valence-electron chi connectivity index (χ4n) is 3.50.